The number of rotatable bonds is 2. The first-order valence-electron chi connectivity index (χ1n) is 5.44. The van der Waals surface area contributed by atoms with E-state index in [9.17, 15) is 9.50 Å². The standard InChI is InChI=1S/C14H14FNO/c1-9-7-10(2)13(16-8-9)14(17)11-3-5-12(15)6-4-11/h3-8,14,17H,1-2H3. The summed E-state index contributed by atoms with van der Waals surface area (Å²) < 4.78 is 12.8. The number of hydrogen-bond donors (Lipinski definition) is 1. The van der Waals surface area contributed by atoms with Gasteiger partial charge in [-0.3, -0.25) is 4.98 Å². The number of aryl methyl sites for hydroxylation is 2. The van der Waals surface area contributed by atoms with Crippen LogP contribution in [0, 0.1) is 19.7 Å². The van der Waals surface area contributed by atoms with Gasteiger partial charge in [-0.25, -0.2) is 4.39 Å². The SMILES string of the molecule is Cc1cnc(C(O)c2ccc(F)cc2)c(C)c1. The summed E-state index contributed by atoms with van der Waals surface area (Å²) >= 11 is 0. The molecule has 17 heavy (non-hydrogen) atoms. The van der Waals surface area contributed by atoms with Crippen molar-refractivity contribution in [1.82, 2.24) is 4.98 Å². The van der Waals surface area contributed by atoms with Gasteiger partial charge in [-0.1, -0.05) is 18.2 Å². The second-order valence-electron chi connectivity index (χ2n) is 4.17. The molecule has 0 saturated carbocycles. The maximum atomic E-state index is 12.8. The number of pyridine rings is 1. The van der Waals surface area contributed by atoms with Crippen molar-refractivity contribution in [1.29, 1.82) is 0 Å². The molecule has 1 aromatic heterocycles. The maximum Gasteiger partial charge on any atom is 0.123 e. The maximum absolute atomic E-state index is 12.8. The second-order valence-corrected chi connectivity index (χ2v) is 4.17. The summed E-state index contributed by atoms with van der Waals surface area (Å²) in [7, 11) is 0. The largest absolute Gasteiger partial charge is 0.382 e. The summed E-state index contributed by atoms with van der Waals surface area (Å²) in [6.07, 6.45) is 0.908. The zero-order valence-corrected chi connectivity index (χ0v) is 9.81. The fraction of sp³-hybridized carbons (Fsp3) is 0.214. The van der Waals surface area contributed by atoms with Gasteiger partial charge in [0.1, 0.15) is 11.9 Å². The molecule has 1 atom stereocenters. The van der Waals surface area contributed by atoms with E-state index in [2.05, 4.69) is 4.98 Å². The third kappa shape index (κ3) is 2.50. The number of nitrogens with zero attached hydrogens (tertiary/aromatic N) is 1. The molecule has 2 nitrogen and oxygen atoms in total. The van der Waals surface area contributed by atoms with Crippen molar-refractivity contribution in [2.75, 3.05) is 0 Å². The van der Waals surface area contributed by atoms with Crippen LogP contribution in [0.4, 0.5) is 4.39 Å². The van der Waals surface area contributed by atoms with Crippen molar-refractivity contribution < 1.29 is 9.50 Å². The van der Waals surface area contributed by atoms with E-state index < -0.39 is 6.10 Å². The van der Waals surface area contributed by atoms with Gasteiger partial charge in [-0.2, -0.15) is 0 Å². The van der Waals surface area contributed by atoms with E-state index in [-0.39, 0.29) is 5.82 Å². The second kappa shape index (κ2) is 4.63. The van der Waals surface area contributed by atoms with E-state index in [0.29, 0.717) is 11.3 Å². The molecule has 0 saturated heterocycles. The number of aliphatic hydroxyl groups excluding tert-OH is 1. The van der Waals surface area contributed by atoms with E-state index in [1.54, 1.807) is 18.3 Å². The van der Waals surface area contributed by atoms with Crippen LogP contribution < -0.4 is 0 Å². The summed E-state index contributed by atoms with van der Waals surface area (Å²) in [5, 5.41) is 10.2. The van der Waals surface area contributed by atoms with Crippen molar-refractivity contribution in [3.8, 4) is 0 Å². The molecule has 1 aromatic carbocycles. The molecule has 88 valence electrons. The smallest absolute Gasteiger partial charge is 0.123 e. The molecule has 0 fully saturated rings. The van der Waals surface area contributed by atoms with E-state index in [1.807, 2.05) is 19.9 Å². The van der Waals surface area contributed by atoms with Crippen LogP contribution in [0.15, 0.2) is 36.5 Å². The molecular weight excluding hydrogens is 217 g/mol. The molecule has 0 aliphatic carbocycles. The van der Waals surface area contributed by atoms with Crippen LogP contribution in [-0.2, 0) is 0 Å². The fourth-order valence-electron chi connectivity index (χ4n) is 1.82. The van der Waals surface area contributed by atoms with E-state index >= 15 is 0 Å². The van der Waals surface area contributed by atoms with Gasteiger partial charge in [0, 0.05) is 6.20 Å². The summed E-state index contributed by atoms with van der Waals surface area (Å²) in [5.74, 6) is -0.311. The molecule has 0 radical (unpaired) electrons. The number of aliphatic hydroxyl groups is 1. The van der Waals surface area contributed by atoms with Crippen molar-refractivity contribution >= 4 is 0 Å². The van der Waals surface area contributed by atoms with Gasteiger partial charge in [0.2, 0.25) is 0 Å². The fourth-order valence-corrected chi connectivity index (χ4v) is 1.82. The Morgan fingerprint density at radius 1 is 1.18 bits per heavy atom. The Bertz CT molecular complexity index is 522. The predicted octanol–water partition coefficient (Wildman–Crippen LogP) is 2.92. The molecular formula is C14H14FNO. The lowest BCUT2D eigenvalue weighted by Crippen LogP contribution is -2.05. The highest BCUT2D eigenvalue weighted by molar-refractivity contribution is 5.32. The highest BCUT2D eigenvalue weighted by Gasteiger charge is 2.14. The molecule has 1 heterocycles. The van der Waals surface area contributed by atoms with Gasteiger partial charge in [0.25, 0.3) is 0 Å². The number of hydrogen-bond acceptors (Lipinski definition) is 2. The van der Waals surface area contributed by atoms with E-state index in [4.69, 9.17) is 0 Å². The lowest BCUT2D eigenvalue weighted by molar-refractivity contribution is 0.214. The average molecular weight is 231 g/mol. The third-order valence-electron chi connectivity index (χ3n) is 2.70. The monoisotopic (exact) mass is 231 g/mol. The minimum Gasteiger partial charge on any atom is -0.382 e. The zero-order chi connectivity index (χ0) is 12.4. The number of aromatic nitrogens is 1. The van der Waals surface area contributed by atoms with Gasteiger partial charge < -0.3 is 5.11 Å². The lowest BCUT2D eigenvalue weighted by Gasteiger charge is -2.13. The minimum absolute atomic E-state index is 0.311. The third-order valence-corrected chi connectivity index (χ3v) is 2.70. The number of benzene rings is 1. The Balaban J connectivity index is 2.36. The van der Waals surface area contributed by atoms with Crippen molar-refractivity contribution in [2.45, 2.75) is 20.0 Å². The van der Waals surface area contributed by atoms with Crippen molar-refractivity contribution in [3.05, 3.63) is 64.7 Å². The van der Waals surface area contributed by atoms with Gasteiger partial charge in [-0.05, 0) is 42.7 Å². The molecule has 2 rings (SSSR count). The number of halogens is 1. The molecule has 0 aliphatic rings. The highest BCUT2D eigenvalue weighted by atomic mass is 19.1. The van der Waals surface area contributed by atoms with Crippen LogP contribution in [0.2, 0.25) is 0 Å². The molecule has 3 heteroatoms. The molecule has 1 N–H and O–H groups in total. The first-order chi connectivity index (χ1) is 8.08. The Morgan fingerprint density at radius 3 is 2.41 bits per heavy atom. The molecule has 1 unspecified atom stereocenters. The quantitative estimate of drug-likeness (QED) is 0.862. The Labute approximate surface area is 99.8 Å². The van der Waals surface area contributed by atoms with Crippen LogP contribution in [0.25, 0.3) is 0 Å². The van der Waals surface area contributed by atoms with E-state index in [1.165, 1.54) is 12.1 Å². The Hall–Kier alpha value is -1.74. The molecule has 2 aromatic rings. The van der Waals surface area contributed by atoms with E-state index in [0.717, 1.165) is 11.1 Å². The summed E-state index contributed by atoms with van der Waals surface area (Å²) in [4.78, 5) is 4.23. The van der Waals surface area contributed by atoms with Crippen LogP contribution in [0.3, 0.4) is 0 Å². The topological polar surface area (TPSA) is 33.1 Å². The van der Waals surface area contributed by atoms with Crippen molar-refractivity contribution in [2.24, 2.45) is 0 Å². The normalized spacial score (nSPS) is 12.5. The molecule has 0 aliphatic heterocycles. The molecule has 0 amide bonds. The minimum atomic E-state index is -0.809. The summed E-state index contributed by atoms with van der Waals surface area (Å²) in [6, 6.07) is 7.78. The lowest BCUT2D eigenvalue weighted by atomic mass is 10.0. The van der Waals surface area contributed by atoms with Crippen molar-refractivity contribution in [3.63, 3.8) is 0 Å². The Kier molecular flexibility index (Phi) is 3.20. The highest BCUT2D eigenvalue weighted by Crippen LogP contribution is 2.23. The Morgan fingerprint density at radius 2 is 1.82 bits per heavy atom. The van der Waals surface area contributed by atoms with Crippen LogP contribution >= 0.6 is 0 Å². The van der Waals surface area contributed by atoms with Gasteiger partial charge >= 0.3 is 0 Å². The van der Waals surface area contributed by atoms with Crippen LogP contribution in [-0.4, -0.2) is 10.1 Å². The average Bonchev–Trinajstić information content (AvgIpc) is 2.29. The first-order valence-corrected chi connectivity index (χ1v) is 5.44. The zero-order valence-electron chi connectivity index (χ0n) is 9.81. The van der Waals surface area contributed by atoms with Gasteiger partial charge in [0.15, 0.2) is 0 Å². The molecule has 0 bridgehead atoms. The molecule has 0 spiro atoms. The predicted molar refractivity (Wildman–Crippen MR) is 64.2 cm³/mol. The van der Waals surface area contributed by atoms with Gasteiger partial charge in [-0.15, -0.1) is 0 Å². The summed E-state index contributed by atoms with van der Waals surface area (Å²) in [6.45, 7) is 3.86. The first kappa shape index (κ1) is 11.7. The van der Waals surface area contributed by atoms with Crippen LogP contribution in [0.1, 0.15) is 28.5 Å². The van der Waals surface area contributed by atoms with Gasteiger partial charge in [0.05, 0.1) is 5.69 Å². The van der Waals surface area contributed by atoms with Crippen LogP contribution in [0.5, 0.6) is 0 Å². The summed E-state index contributed by atoms with van der Waals surface area (Å²) in [5.41, 5.74) is 3.24.